The number of ether oxygens (including phenoxy) is 2. The predicted octanol–water partition coefficient (Wildman–Crippen LogP) is 4.74. The van der Waals surface area contributed by atoms with Gasteiger partial charge in [0.15, 0.2) is 6.10 Å². The van der Waals surface area contributed by atoms with Gasteiger partial charge in [0.25, 0.3) is 5.91 Å². The molecule has 1 aliphatic heterocycles. The normalized spacial score (nSPS) is 16.1. The van der Waals surface area contributed by atoms with Gasteiger partial charge in [-0.2, -0.15) is 17.5 Å². The number of anilines is 2. The number of halogens is 5. The van der Waals surface area contributed by atoms with E-state index < -0.39 is 40.3 Å². The molecule has 4 rings (SSSR count). The van der Waals surface area contributed by atoms with Crippen molar-refractivity contribution >= 4 is 55.3 Å². The summed E-state index contributed by atoms with van der Waals surface area (Å²) in [5.74, 6) is -1.07. The maximum atomic E-state index is 14.0. The molecular weight excluding hydrogens is 554 g/mol. The van der Waals surface area contributed by atoms with E-state index in [1.165, 1.54) is 25.4 Å². The molecule has 0 aliphatic carbocycles. The molecule has 1 fully saturated rings. The molecule has 204 valence electrons. The first kappa shape index (κ1) is 27.8. The van der Waals surface area contributed by atoms with Crippen LogP contribution in [0.3, 0.4) is 0 Å². The van der Waals surface area contributed by atoms with Gasteiger partial charge in [-0.1, -0.05) is 11.6 Å². The topological polar surface area (TPSA) is 115 Å². The lowest BCUT2D eigenvalue weighted by molar-refractivity contribution is -0.142. The van der Waals surface area contributed by atoms with E-state index in [-0.39, 0.29) is 22.3 Å². The van der Waals surface area contributed by atoms with Crippen LogP contribution in [0.4, 0.5) is 34.8 Å². The maximum absolute atomic E-state index is 14.0. The van der Waals surface area contributed by atoms with Crippen LogP contribution in [0, 0.1) is 5.82 Å². The fraction of sp³-hybridized carbons (Fsp3) is 0.348. The van der Waals surface area contributed by atoms with Crippen LogP contribution in [0.5, 0.6) is 5.75 Å². The molecule has 0 radical (unpaired) electrons. The minimum atomic E-state index is -4.60. The first-order chi connectivity index (χ1) is 17.9. The Morgan fingerprint density at radius 1 is 1.24 bits per heavy atom. The Kier molecular flexibility index (Phi) is 8.23. The van der Waals surface area contributed by atoms with Crippen molar-refractivity contribution in [3.63, 3.8) is 0 Å². The van der Waals surface area contributed by atoms with Crippen molar-refractivity contribution in [2.75, 3.05) is 36.6 Å². The molecule has 1 saturated heterocycles. The third-order valence-corrected chi connectivity index (χ3v) is 7.82. The molecule has 3 aromatic rings. The lowest BCUT2D eigenvalue weighted by atomic mass is 10.2. The monoisotopic (exact) mass is 575 g/mol. The van der Waals surface area contributed by atoms with Crippen LogP contribution in [0.1, 0.15) is 6.92 Å². The highest BCUT2D eigenvalue weighted by molar-refractivity contribution is 7.93. The average Bonchev–Trinajstić information content (AvgIpc) is 2.83. The standard InChI is InChI=1S/C23H22ClF4N5O4S/c1-13(22(34)29-11-23(26,27)28)37-19-8-14(25)2-3-17(19)32-21-20-16(24)9-15(10-18(20)30-12-31-21)33-38(35)6-4-36-5-7-38/h2-3,8-10,12-13H,4-7,11H2,1H3,(H,29,34)(H,30,31,32)/t13-/m1/s1. The minimum Gasteiger partial charge on any atom is -0.479 e. The molecule has 38 heavy (non-hydrogen) atoms. The summed E-state index contributed by atoms with van der Waals surface area (Å²) < 4.78 is 79.3. The van der Waals surface area contributed by atoms with Gasteiger partial charge in [-0.15, -0.1) is 0 Å². The summed E-state index contributed by atoms with van der Waals surface area (Å²) in [6.07, 6.45) is -4.72. The van der Waals surface area contributed by atoms with Crippen LogP contribution in [-0.2, 0) is 19.3 Å². The van der Waals surface area contributed by atoms with E-state index in [1.807, 2.05) is 0 Å². The highest BCUT2D eigenvalue weighted by Gasteiger charge is 2.29. The maximum Gasteiger partial charge on any atom is 0.405 e. The van der Waals surface area contributed by atoms with Crippen molar-refractivity contribution in [1.29, 1.82) is 0 Å². The second-order valence-electron chi connectivity index (χ2n) is 8.29. The van der Waals surface area contributed by atoms with E-state index in [0.717, 1.165) is 12.1 Å². The van der Waals surface area contributed by atoms with Gasteiger partial charge in [0.05, 0.1) is 61.7 Å². The van der Waals surface area contributed by atoms with Gasteiger partial charge in [-0.25, -0.2) is 18.6 Å². The van der Waals surface area contributed by atoms with Gasteiger partial charge in [0.2, 0.25) is 0 Å². The molecule has 0 spiro atoms. The van der Waals surface area contributed by atoms with Crippen LogP contribution in [0.25, 0.3) is 10.9 Å². The summed E-state index contributed by atoms with van der Waals surface area (Å²) in [6, 6.07) is 6.53. The van der Waals surface area contributed by atoms with E-state index in [2.05, 4.69) is 19.6 Å². The molecule has 1 aliphatic rings. The third kappa shape index (κ3) is 6.99. The minimum absolute atomic E-state index is 0.148. The fourth-order valence-corrected chi connectivity index (χ4v) is 5.47. The molecule has 0 unspecified atom stereocenters. The Morgan fingerprint density at radius 2 is 1.97 bits per heavy atom. The van der Waals surface area contributed by atoms with Gasteiger partial charge in [-0.3, -0.25) is 4.79 Å². The Bertz CT molecular complexity index is 1470. The Hall–Kier alpha value is -3.23. The van der Waals surface area contributed by atoms with Gasteiger partial charge in [0, 0.05) is 6.07 Å². The zero-order chi connectivity index (χ0) is 27.5. The molecule has 1 aromatic heterocycles. The second kappa shape index (κ2) is 11.3. The number of nitrogens with one attached hydrogen (secondary N) is 2. The number of alkyl halides is 3. The molecule has 15 heteroatoms. The van der Waals surface area contributed by atoms with E-state index in [9.17, 15) is 26.6 Å². The number of carbonyl (C=O) groups is 1. The number of hydrogen-bond donors (Lipinski definition) is 2. The van der Waals surface area contributed by atoms with Crippen molar-refractivity contribution < 1.29 is 36.0 Å². The highest BCUT2D eigenvalue weighted by Crippen LogP contribution is 2.36. The second-order valence-corrected chi connectivity index (χ2v) is 11.2. The smallest absolute Gasteiger partial charge is 0.405 e. The van der Waals surface area contributed by atoms with Crippen molar-refractivity contribution in [1.82, 2.24) is 15.3 Å². The van der Waals surface area contributed by atoms with Gasteiger partial charge >= 0.3 is 6.18 Å². The number of fused-ring (bicyclic) bond motifs is 1. The molecule has 0 saturated carbocycles. The van der Waals surface area contributed by atoms with Crippen molar-refractivity contribution in [2.24, 2.45) is 4.36 Å². The molecule has 1 atom stereocenters. The van der Waals surface area contributed by atoms with E-state index >= 15 is 0 Å². The third-order valence-electron chi connectivity index (χ3n) is 5.37. The number of amides is 1. The number of rotatable bonds is 7. The molecular formula is C23H22ClF4N5O4S. The summed E-state index contributed by atoms with van der Waals surface area (Å²) in [4.78, 5) is 20.5. The Labute approximate surface area is 220 Å². The van der Waals surface area contributed by atoms with Crippen LogP contribution in [-0.4, -0.2) is 63.6 Å². The lowest BCUT2D eigenvalue weighted by Crippen LogP contribution is -2.41. The number of carbonyl (C=O) groups excluding carboxylic acids is 1. The molecule has 0 bridgehead atoms. The quantitative estimate of drug-likeness (QED) is 0.391. The largest absolute Gasteiger partial charge is 0.479 e. The molecule has 2 aromatic carbocycles. The zero-order valence-electron chi connectivity index (χ0n) is 19.8. The summed E-state index contributed by atoms with van der Waals surface area (Å²) in [5, 5.41) is 5.24. The summed E-state index contributed by atoms with van der Waals surface area (Å²) >= 11 is 6.53. The summed E-state index contributed by atoms with van der Waals surface area (Å²) in [6.45, 7) is 0.400. The summed E-state index contributed by atoms with van der Waals surface area (Å²) in [7, 11) is -2.49. The Balaban J connectivity index is 1.62. The Morgan fingerprint density at radius 3 is 2.68 bits per heavy atom. The zero-order valence-corrected chi connectivity index (χ0v) is 21.4. The highest BCUT2D eigenvalue weighted by atomic mass is 35.5. The average molecular weight is 576 g/mol. The first-order valence-corrected chi connectivity index (χ1v) is 13.5. The first-order valence-electron chi connectivity index (χ1n) is 11.2. The summed E-state index contributed by atoms with van der Waals surface area (Å²) in [5.41, 5.74) is 0.925. The SMILES string of the molecule is C[C@@H](Oc1cc(F)ccc1Nc1ncnc2cc(N=S3(=O)CCOCC3)cc(Cl)c12)C(=O)NCC(F)(F)F. The molecule has 2 N–H and O–H groups in total. The molecule has 9 nitrogen and oxygen atoms in total. The van der Waals surface area contributed by atoms with Crippen molar-refractivity contribution in [3.8, 4) is 5.75 Å². The van der Waals surface area contributed by atoms with E-state index in [1.54, 1.807) is 11.4 Å². The predicted molar refractivity (Wildman–Crippen MR) is 134 cm³/mol. The number of benzene rings is 2. The number of aromatic nitrogens is 2. The van der Waals surface area contributed by atoms with Crippen LogP contribution >= 0.6 is 11.6 Å². The van der Waals surface area contributed by atoms with Gasteiger partial charge in [-0.05, 0) is 31.2 Å². The fourth-order valence-electron chi connectivity index (χ4n) is 3.54. The van der Waals surface area contributed by atoms with Crippen molar-refractivity contribution in [3.05, 3.63) is 47.5 Å². The lowest BCUT2D eigenvalue weighted by Gasteiger charge is -2.19. The number of nitrogens with zero attached hydrogens (tertiary/aromatic N) is 3. The van der Waals surface area contributed by atoms with Crippen LogP contribution < -0.4 is 15.4 Å². The number of hydrogen-bond acceptors (Lipinski definition) is 8. The van der Waals surface area contributed by atoms with Gasteiger partial charge < -0.3 is 20.1 Å². The van der Waals surface area contributed by atoms with Crippen LogP contribution in [0.15, 0.2) is 41.0 Å². The van der Waals surface area contributed by atoms with Crippen molar-refractivity contribution in [2.45, 2.75) is 19.2 Å². The molecule has 2 heterocycles. The van der Waals surface area contributed by atoms with Crippen LogP contribution in [0.2, 0.25) is 5.02 Å². The van der Waals surface area contributed by atoms with Gasteiger partial charge in [0.1, 0.15) is 30.3 Å². The van der Waals surface area contributed by atoms with E-state index in [4.69, 9.17) is 21.1 Å². The molecule has 1 amide bonds. The van der Waals surface area contributed by atoms with E-state index in [0.29, 0.717) is 41.3 Å².